The van der Waals surface area contributed by atoms with E-state index < -0.39 is 0 Å². The quantitative estimate of drug-likeness (QED) is 0.467. The fourth-order valence-electron chi connectivity index (χ4n) is 3.29. The second kappa shape index (κ2) is 6.21. The second-order valence-corrected chi connectivity index (χ2v) is 6.49. The average Bonchev–Trinajstić information content (AvgIpc) is 3.14. The van der Waals surface area contributed by atoms with Gasteiger partial charge >= 0.3 is 0 Å². The number of anilines is 2. The van der Waals surface area contributed by atoms with Crippen LogP contribution in [0.3, 0.4) is 0 Å². The van der Waals surface area contributed by atoms with Crippen molar-refractivity contribution in [3.63, 3.8) is 0 Å². The van der Waals surface area contributed by atoms with Crippen molar-refractivity contribution in [3.05, 3.63) is 78.5 Å². The SMILES string of the molecule is Cc1nnc(Nc2ccc3nc(-c4ccccc4)[nH]c3c2)c2ccccc12. The molecule has 2 N–H and O–H groups in total. The molecular formula is C22H17N5. The number of aryl methyl sites for hydroxylation is 1. The smallest absolute Gasteiger partial charge is 0.160 e. The fraction of sp³-hybridized carbons (Fsp3) is 0.0455. The molecule has 5 rings (SSSR count). The Balaban J connectivity index is 1.54. The zero-order chi connectivity index (χ0) is 18.2. The Labute approximate surface area is 156 Å². The number of aromatic amines is 1. The number of hydrogen-bond donors (Lipinski definition) is 2. The largest absolute Gasteiger partial charge is 0.338 e. The minimum absolute atomic E-state index is 0.748. The summed E-state index contributed by atoms with van der Waals surface area (Å²) in [6, 6.07) is 24.3. The summed E-state index contributed by atoms with van der Waals surface area (Å²) in [5, 5.41) is 14.2. The van der Waals surface area contributed by atoms with Crippen LogP contribution in [-0.4, -0.2) is 20.2 Å². The third-order valence-corrected chi connectivity index (χ3v) is 4.66. The molecule has 0 unspecified atom stereocenters. The van der Waals surface area contributed by atoms with Crippen LogP contribution >= 0.6 is 0 Å². The average molecular weight is 351 g/mol. The summed E-state index contributed by atoms with van der Waals surface area (Å²) >= 11 is 0. The number of nitrogens with one attached hydrogen (secondary N) is 2. The Bertz CT molecular complexity index is 1260. The van der Waals surface area contributed by atoms with Gasteiger partial charge in [-0.25, -0.2) is 4.98 Å². The van der Waals surface area contributed by atoms with Crippen molar-refractivity contribution in [1.82, 2.24) is 20.2 Å². The lowest BCUT2D eigenvalue weighted by Crippen LogP contribution is -1.98. The van der Waals surface area contributed by atoms with Crippen LogP contribution in [0.5, 0.6) is 0 Å². The number of H-pyrrole nitrogens is 1. The summed E-state index contributed by atoms with van der Waals surface area (Å²) in [6.07, 6.45) is 0. The first kappa shape index (κ1) is 15.5. The van der Waals surface area contributed by atoms with Gasteiger partial charge in [-0.05, 0) is 25.1 Å². The van der Waals surface area contributed by atoms with Crippen molar-refractivity contribution < 1.29 is 0 Å². The Morgan fingerprint density at radius 1 is 0.815 bits per heavy atom. The van der Waals surface area contributed by atoms with Gasteiger partial charge in [-0.2, -0.15) is 5.10 Å². The van der Waals surface area contributed by atoms with E-state index >= 15 is 0 Å². The molecule has 0 bridgehead atoms. The second-order valence-electron chi connectivity index (χ2n) is 6.49. The standard InChI is InChI=1S/C22H17N5/c1-14-17-9-5-6-10-18(17)22(27-26-14)23-16-11-12-19-20(13-16)25-21(24-19)15-7-3-2-4-8-15/h2-13H,1H3,(H,23,27)(H,24,25). The normalized spacial score (nSPS) is 11.1. The van der Waals surface area contributed by atoms with E-state index in [-0.39, 0.29) is 0 Å². The molecule has 130 valence electrons. The van der Waals surface area contributed by atoms with Crippen LogP contribution in [0.4, 0.5) is 11.5 Å². The van der Waals surface area contributed by atoms with Crippen LogP contribution in [0.25, 0.3) is 33.2 Å². The number of imidazole rings is 1. The molecule has 27 heavy (non-hydrogen) atoms. The molecule has 0 fully saturated rings. The lowest BCUT2D eigenvalue weighted by atomic mass is 10.1. The van der Waals surface area contributed by atoms with Crippen molar-refractivity contribution in [1.29, 1.82) is 0 Å². The van der Waals surface area contributed by atoms with Gasteiger partial charge in [0.2, 0.25) is 0 Å². The maximum Gasteiger partial charge on any atom is 0.160 e. The Kier molecular flexibility index (Phi) is 3.57. The molecule has 5 heteroatoms. The van der Waals surface area contributed by atoms with E-state index in [1.807, 2.05) is 67.6 Å². The Morgan fingerprint density at radius 3 is 2.44 bits per heavy atom. The first-order chi connectivity index (χ1) is 13.3. The van der Waals surface area contributed by atoms with Crippen LogP contribution < -0.4 is 5.32 Å². The molecule has 0 atom stereocenters. The number of aromatic nitrogens is 4. The number of rotatable bonds is 3. The number of benzene rings is 3. The summed E-state index contributed by atoms with van der Waals surface area (Å²) < 4.78 is 0. The third-order valence-electron chi connectivity index (χ3n) is 4.66. The van der Waals surface area contributed by atoms with E-state index in [2.05, 4.69) is 37.6 Å². The van der Waals surface area contributed by atoms with Crippen LogP contribution in [0.2, 0.25) is 0 Å². The minimum Gasteiger partial charge on any atom is -0.338 e. The molecule has 2 aromatic heterocycles. The van der Waals surface area contributed by atoms with Gasteiger partial charge in [0.25, 0.3) is 0 Å². The van der Waals surface area contributed by atoms with E-state index in [0.717, 1.165) is 50.4 Å². The first-order valence-corrected chi connectivity index (χ1v) is 8.82. The van der Waals surface area contributed by atoms with E-state index in [1.165, 1.54) is 0 Å². The first-order valence-electron chi connectivity index (χ1n) is 8.82. The predicted molar refractivity (Wildman–Crippen MR) is 109 cm³/mol. The lowest BCUT2D eigenvalue weighted by molar-refractivity contribution is 1.01. The highest BCUT2D eigenvalue weighted by atomic mass is 15.2. The molecule has 0 spiro atoms. The Morgan fingerprint density at radius 2 is 1.59 bits per heavy atom. The molecule has 0 saturated carbocycles. The van der Waals surface area contributed by atoms with Crippen LogP contribution in [0, 0.1) is 6.92 Å². The van der Waals surface area contributed by atoms with Crippen LogP contribution in [0.1, 0.15) is 5.69 Å². The summed E-state index contributed by atoms with van der Waals surface area (Å²) in [7, 11) is 0. The maximum absolute atomic E-state index is 4.68. The molecule has 0 aliphatic rings. The van der Waals surface area contributed by atoms with Gasteiger partial charge in [-0.1, -0.05) is 54.6 Å². The highest BCUT2D eigenvalue weighted by Gasteiger charge is 2.09. The number of fused-ring (bicyclic) bond motifs is 2. The summed E-state index contributed by atoms with van der Waals surface area (Å²) in [6.45, 7) is 1.97. The zero-order valence-corrected chi connectivity index (χ0v) is 14.8. The molecule has 5 nitrogen and oxygen atoms in total. The molecule has 0 aliphatic carbocycles. The Hall–Kier alpha value is -3.73. The highest BCUT2D eigenvalue weighted by Crippen LogP contribution is 2.27. The lowest BCUT2D eigenvalue weighted by Gasteiger charge is -2.09. The van der Waals surface area contributed by atoms with Crippen LogP contribution in [0.15, 0.2) is 72.8 Å². The van der Waals surface area contributed by atoms with Gasteiger partial charge in [-0.3, -0.25) is 0 Å². The number of nitrogens with zero attached hydrogens (tertiary/aromatic N) is 3. The maximum atomic E-state index is 4.68. The van der Waals surface area contributed by atoms with Gasteiger partial charge < -0.3 is 10.3 Å². The van der Waals surface area contributed by atoms with Crippen molar-refractivity contribution in [2.75, 3.05) is 5.32 Å². The fourth-order valence-corrected chi connectivity index (χ4v) is 3.29. The highest BCUT2D eigenvalue weighted by molar-refractivity contribution is 5.95. The van der Waals surface area contributed by atoms with Crippen molar-refractivity contribution in [2.24, 2.45) is 0 Å². The van der Waals surface area contributed by atoms with Gasteiger partial charge in [0.05, 0.1) is 16.7 Å². The topological polar surface area (TPSA) is 66.5 Å². The zero-order valence-electron chi connectivity index (χ0n) is 14.8. The number of hydrogen-bond acceptors (Lipinski definition) is 4. The van der Waals surface area contributed by atoms with E-state index in [1.54, 1.807) is 0 Å². The van der Waals surface area contributed by atoms with E-state index in [9.17, 15) is 0 Å². The summed E-state index contributed by atoms with van der Waals surface area (Å²) in [4.78, 5) is 8.08. The van der Waals surface area contributed by atoms with Crippen molar-refractivity contribution >= 4 is 33.3 Å². The van der Waals surface area contributed by atoms with Gasteiger partial charge in [-0.15, -0.1) is 5.10 Å². The molecule has 0 amide bonds. The molecule has 5 aromatic rings. The monoisotopic (exact) mass is 351 g/mol. The molecular weight excluding hydrogens is 334 g/mol. The summed E-state index contributed by atoms with van der Waals surface area (Å²) in [5.41, 5.74) is 4.84. The third kappa shape index (κ3) is 2.79. The predicted octanol–water partition coefficient (Wildman–Crippen LogP) is 5.23. The molecule has 0 radical (unpaired) electrons. The molecule has 2 heterocycles. The molecule has 0 saturated heterocycles. The van der Waals surface area contributed by atoms with Gasteiger partial charge in [0, 0.05) is 22.0 Å². The van der Waals surface area contributed by atoms with Crippen molar-refractivity contribution in [3.8, 4) is 11.4 Å². The minimum atomic E-state index is 0.748. The van der Waals surface area contributed by atoms with Crippen LogP contribution in [-0.2, 0) is 0 Å². The molecule has 3 aromatic carbocycles. The molecule has 0 aliphatic heterocycles. The van der Waals surface area contributed by atoms with E-state index in [4.69, 9.17) is 0 Å². The van der Waals surface area contributed by atoms with E-state index in [0.29, 0.717) is 0 Å². The van der Waals surface area contributed by atoms with Gasteiger partial charge in [0.1, 0.15) is 5.82 Å². The van der Waals surface area contributed by atoms with Gasteiger partial charge in [0.15, 0.2) is 5.82 Å². The summed E-state index contributed by atoms with van der Waals surface area (Å²) in [5.74, 6) is 1.61. The van der Waals surface area contributed by atoms with Crippen molar-refractivity contribution in [2.45, 2.75) is 6.92 Å².